The zero-order chi connectivity index (χ0) is 14.4. The van der Waals surface area contributed by atoms with Crippen molar-refractivity contribution in [3.8, 4) is 5.69 Å². The van der Waals surface area contributed by atoms with Gasteiger partial charge >= 0.3 is 0 Å². The monoisotopic (exact) mass is 279 g/mol. The van der Waals surface area contributed by atoms with Gasteiger partial charge in [0.05, 0.1) is 5.52 Å². The van der Waals surface area contributed by atoms with Crippen LogP contribution in [-0.2, 0) is 0 Å². The predicted octanol–water partition coefficient (Wildman–Crippen LogP) is 4.50. The molecule has 0 unspecified atom stereocenters. The molecule has 3 aromatic rings. The van der Waals surface area contributed by atoms with Crippen molar-refractivity contribution in [3.05, 3.63) is 65.4 Å². The molecule has 0 aliphatic rings. The number of fused-ring (bicyclic) bond motifs is 1. The van der Waals surface area contributed by atoms with E-state index in [1.807, 2.05) is 0 Å². The van der Waals surface area contributed by atoms with Crippen molar-refractivity contribution < 1.29 is 17.6 Å². The summed E-state index contributed by atoms with van der Waals surface area (Å²) >= 11 is 0. The van der Waals surface area contributed by atoms with Crippen LogP contribution in [0.3, 0.4) is 0 Å². The molecule has 1 heterocycles. The quantitative estimate of drug-likeness (QED) is 0.456. The van der Waals surface area contributed by atoms with E-state index in [0.717, 1.165) is 15.5 Å². The number of hydrogen-bond acceptors (Lipinski definition) is 0. The van der Waals surface area contributed by atoms with Gasteiger partial charge < -0.3 is 4.57 Å². The van der Waals surface area contributed by atoms with Gasteiger partial charge in [-0.3, -0.25) is 0 Å². The molecule has 0 fully saturated rings. The topological polar surface area (TPSA) is 4.93 Å². The van der Waals surface area contributed by atoms with Gasteiger partial charge in [0.2, 0.25) is 0 Å². The molecule has 20 heavy (non-hydrogen) atoms. The summed E-state index contributed by atoms with van der Waals surface area (Å²) in [5, 5.41) is 0.760. The number of rotatable bonds is 1. The number of para-hydroxylation sites is 1. The number of halogens is 4. The molecular formula is C15H9F4N. The lowest BCUT2D eigenvalue weighted by Crippen LogP contribution is -2.05. The second-order valence-electron chi connectivity index (χ2n) is 4.52. The Morgan fingerprint density at radius 2 is 1.50 bits per heavy atom. The summed E-state index contributed by atoms with van der Waals surface area (Å²) in [4.78, 5) is 0. The van der Waals surface area contributed by atoms with E-state index in [-0.39, 0.29) is 6.07 Å². The van der Waals surface area contributed by atoms with E-state index >= 15 is 0 Å². The normalized spacial score (nSPS) is 11.2. The first-order chi connectivity index (χ1) is 9.50. The van der Waals surface area contributed by atoms with Crippen LogP contribution in [0.2, 0.25) is 0 Å². The first-order valence-electron chi connectivity index (χ1n) is 5.90. The molecule has 3 rings (SSSR count). The summed E-state index contributed by atoms with van der Waals surface area (Å²) in [6.07, 6.45) is 1.45. The maximum Gasteiger partial charge on any atom is 0.186 e. The smallest absolute Gasteiger partial charge is 0.186 e. The largest absolute Gasteiger partial charge is 0.311 e. The van der Waals surface area contributed by atoms with Crippen molar-refractivity contribution in [3.63, 3.8) is 0 Å². The van der Waals surface area contributed by atoms with Gasteiger partial charge in [-0.1, -0.05) is 18.2 Å². The van der Waals surface area contributed by atoms with Crippen LogP contribution in [0.15, 0.2) is 36.5 Å². The molecule has 0 spiro atoms. The van der Waals surface area contributed by atoms with Gasteiger partial charge in [-0.2, -0.15) is 0 Å². The van der Waals surface area contributed by atoms with Crippen LogP contribution in [0.5, 0.6) is 0 Å². The molecule has 0 saturated heterocycles. The second-order valence-corrected chi connectivity index (χ2v) is 4.52. The lowest BCUT2D eigenvalue weighted by Gasteiger charge is -2.09. The fourth-order valence-corrected chi connectivity index (χ4v) is 2.31. The number of aromatic nitrogens is 1. The minimum atomic E-state index is -1.42. The first kappa shape index (κ1) is 12.7. The third-order valence-corrected chi connectivity index (χ3v) is 3.24. The maximum atomic E-state index is 13.9. The molecule has 0 aliphatic heterocycles. The fraction of sp³-hybridized carbons (Fsp3) is 0.0667. The van der Waals surface area contributed by atoms with E-state index in [1.165, 1.54) is 6.20 Å². The van der Waals surface area contributed by atoms with Crippen LogP contribution in [0.4, 0.5) is 17.6 Å². The molecular weight excluding hydrogens is 270 g/mol. The molecule has 0 aliphatic carbocycles. The van der Waals surface area contributed by atoms with E-state index in [2.05, 4.69) is 0 Å². The average molecular weight is 279 g/mol. The molecule has 0 N–H and O–H groups in total. The van der Waals surface area contributed by atoms with Crippen LogP contribution in [-0.4, -0.2) is 4.57 Å². The number of benzene rings is 2. The Balaban J connectivity index is 2.43. The summed E-state index contributed by atoms with van der Waals surface area (Å²) in [5.41, 5.74) is 0.490. The number of hydrogen-bond donors (Lipinski definition) is 0. The highest BCUT2D eigenvalue weighted by atomic mass is 19.2. The third kappa shape index (κ3) is 1.70. The Bertz CT molecular complexity index is 794. The third-order valence-electron chi connectivity index (χ3n) is 3.24. The summed E-state index contributed by atoms with van der Waals surface area (Å²) in [7, 11) is 0. The fourth-order valence-electron chi connectivity index (χ4n) is 2.31. The SMILES string of the molecule is Cc1cn(-c2c(F)c(F)cc(F)c2F)c2ccccc12. The van der Waals surface area contributed by atoms with E-state index in [0.29, 0.717) is 5.52 Å². The van der Waals surface area contributed by atoms with Gasteiger partial charge in [-0.15, -0.1) is 0 Å². The Labute approximate surface area is 112 Å². The van der Waals surface area contributed by atoms with Gasteiger partial charge in [0.1, 0.15) is 5.69 Å². The van der Waals surface area contributed by atoms with Gasteiger partial charge in [0.15, 0.2) is 23.3 Å². The van der Waals surface area contributed by atoms with E-state index in [4.69, 9.17) is 0 Å². The van der Waals surface area contributed by atoms with Crippen LogP contribution < -0.4 is 0 Å². The molecule has 0 amide bonds. The zero-order valence-corrected chi connectivity index (χ0v) is 10.4. The van der Waals surface area contributed by atoms with Crippen LogP contribution in [0.1, 0.15) is 5.56 Å². The number of nitrogens with zero attached hydrogens (tertiary/aromatic N) is 1. The van der Waals surface area contributed by atoms with Crippen LogP contribution in [0.25, 0.3) is 16.6 Å². The Morgan fingerprint density at radius 1 is 0.900 bits per heavy atom. The van der Waals surface area contributed by atoms with Crippen LogP contribution in [0, 0.1) is 30.2 Å². The summed E-state index contributed by atoms with van der Waals surface area (Å²) in [6.45, 7) is 1.75. The van der Waals surface area contributed by atoms with Gasteiger partial charge in [0.25, 0.3) is 0 Å². The van der Waals surface area contributed by atoms with Crippen molar-refractivity contribution in [1.29, 1.82) is 0 Å². The van der Waals surface area contributed by atoms with E-state index in [1.54, 1.807) is 31.2 Å². The van der Waals surface area contributed by atoms with Gasteiger partial charge in [0, 0.05) is 17.6 Å². The minimum Gasteiger partial charge on any atom is -0.311 e. The lowest BCUT2D eigenvalue weighted by molar-refractivity contribution is 0.449. The highest BCUT2D eigenvalue weighted by molar-refractivity contribution is 5.85. The molecule has 2 aromatic carbocycles. The lowest BCUT2D eigenvalue weighted by atomic mass is 10.2. The molecule has 102 valence electrons. The van der Waals surface area contributed by atoms with E-state index < -0.39 is 29.0 Å². The van der Waals surface area contributed by atoms with Crippen molar-refractivity contribution >= 4 is 10.9 Å². The Kier molecular flexibility index (Phi) is 2.78. The first-order valence-corrected chi connectivity index (χ1v) is 5.90. The van der Waals surface area contributed by atoms with E-state index in [9.17, 15) is 17.6 Å². The highest BCUT2D eigenvalue weighted by Crippen LogP contribution is 2.29. The van der Waals surface area contributed by atoms with Crippen molar-refractivity contribution in [1.82, 2.24) is 4.57 Å². The van der Waals surface area contributed by atoms with Gasteiger partial charge in [-0.05, 0) is 18.6 Å². The molecule has 0 bridgehead atoms. The predicted molar refractivity (Wildman–Crippen MR) is 67.8 cm³/mol. The average Bonchev–Trinajstić information content (AvgIpc) is 2.75. The van der Waals surface area contributed by atoms with Crippen molar-refractivity contribution in [2.24, 2.45) is 0 Å². The standard InChI is InChI=1S/C15H9F4N/c1-8-7-20(12-5-3-2-4-9(8)12)15-13(18)10(16)6-11(17)14(15)19/h2-7H,1H3. The Morgan fingerprint density at radius 3 is 2.15 bits per heavy atom. The van der Waals surface area contributed by atoms with Crippen LogP contribution >= 0.6 is 0 Å². The summed E-state index contributed by atoms with van der Waals surface area (Å²) in [6, 6.07) is 7.06. The highest BCUT2D eigenvalue weighted by Gasteiger charge is 2.22. The molecule has 5 heteroatoms. The molecule has 0 radical (unpaired) electrons. The molecule has 1 aromatic heterocycles. The number of aryl methyl sites for hydroxylation is 1. The van der Waals surface area contributed by atoms with Crippen molar-refractivity contribution in [2.75, 3.05) is 0 Å². The molecule has 0 atom stereocenters. The zero-order valence-electron chi connectivity index (χ0n) is 10.4. The Hall–Kier alpha value is -2.30. The molecule has 1 nitrogen and oxygen atoms in total. The van der Waals surface area contributed by atoms with Gasteiger partial charge in [-0.25, -0.2) is 17.6 Å². The van der Waals surface area contributed by atoms with Crippen molar-refractivity contribution in [2.45, 2.75) is 6.92 Å². The maximum absolute atomic E-state index is 13.9. The second kappa shape index (κ2) is 4.37. The minimum absolute atomic E-state index is 0.201. The summed E-state index contributed by atoms with van der Waals surface area (Å²) < 4.78 is 55.5. The molecule has 0 saturated carbocycles. The summed E-state index contributed by atoms with van der Waals surface area (Å²) in [5.74, 6) is -5.67.